The highest BCUT2D eigenvalue weighted by atomic mass is 16.6. The first-order valence-electron chi connectivity index (χ1n) is 6.16. The van der Waals surface area contributed by atoms with Crippen molar-refractivity contribution in [2.45, 2.75) is 19.4 Å². The summed E-state index contributed by atoms with van der Waals surface area (Å²) in [6, 6.07) is 1.27. The molecule has 1 aromatic rings. The van der Waals surface area contributed by atoms with Crippen molar-refractivity contribution in [3.63, 3.8) is 0 Å². The van der Waals surface area contributed by atoms with E-state index in [0.29, 0.717) is 13.1 Å². The topological polar surface area (TPSA) is 102 Å². The number of rotatable bonds is 4. The van der Waals surface area contributed by atoms with Crippen LogP contribution >= 0.6 is 0 Å². The quantitative estimate of drug-likeness (QED) is 0.612. The molecule has 1 aliphatic rings. The van der Waals surface area contributed by atoms with Crippen LogP contribution in [0, 0.1) is 16.0 Å². The summed E-state index contributed by atoms with van der Waals surface area (Å²) >= 11 is 0. The third-order valence-corrected chi connectivity index (χ3v) is 3.34. The Morgan fingerprint density at radius 1 is 1.53 bits per heavy atom. The van der Waals surface area contributed by atoms with Crippen molar-refractivity contribution in [3.05, 3.63) is 22.4 Å². The van der Waals surface area contributed by atoms with Gasteiger partial charge in [-0.1, -0.05) is 0 Å². The summed E-state index contributed by atoms with van der Waals surface area (Å²) in [4.78, 5) is 23.6. The molecule has 0 radical (unpaired) electrons. The van der Waals surface area contributed by atoms with Gasteiger partial charge in [-0.3, -0.25) is 4.79 Å². The van der Waals surface area contributed by atoms with Crippen LogP contribution in [0.2, 0.25) is 0 Å². The Hall–Kier alpha value is -1.96. The van der Waals surface area contributed by atoms with E-state index >= 15 is 0 Å². The molecule has 1 fully saturated rings. The second-order valence-electron chi connectivity index (χ2n) is 4.64. The standard InChI is InChI=1S/C11H16N4O4/c16-8-9-1-4-13(5-2-9)11(17)7-14-6-3-10(12-14)15(18)19/h3,6,9,16H,1-2,4-5,7-8H2. The van der Waals surface area contributed by atoms with Gasteiger partial charge in [0.2, 0.25) is 5.91 Å². The maximum absolute atomic E-state index is 12.0. The summed E-state index contributed by atoms with van der Waals surface area (Å²) in [6.45, 7) is 1.41. The van der Waals surface area contributed by atoms with E-state index in [1.165, 1.54) is 16.9 Å². The average molecular weight is 268 g/mol. The summed E-state index contributed by atoms with van der Waals surface area (Å²) in [5, 5.41) is 23.2. The van der Waals surface area contributed by atoms with Crippen LogP contribution in [0.15, 0.2) is 12.3 Å². The van der Waals surface area contributed by atoms with Gasteiger partial charge in [0, 0.05) is 19.7 Å². The van der Waals surface area contributed by atoms with Crippen LogP contribution < -0.4 is 0 Å². The number of nitro groups is 1. The molecule has 1 saturated heterocycles. The number of piperidine rings is 1. The number of carbonyl (C=O) groups is 1. The fourth-order valence-corrected chi connectivity index (χ4v) is 2.14. The number of hydrogen-bond donors (Lipinski definition) is 1. The van der Waals surface area contributed by atoms with Crippen molar-refractivity contribution in [1.29, 1.82) is 0 Å². The van der Waals surface area contributed by atoms with E-state index in [1.807, 2.05) is 0 Å². The fourth-order valence-electron chi connectivity index (χ4n) is 2.14. The molecule has 19 heavy (non-hydrogen) atoms. The molecule has 0 saturated carbocycles. The van der Waals surface area contributed by atoms with Crippen molar-refractivity contribution in [2.75, 3.05) is 19.7 Å². The molecule has 104 valence electrons. The van der Waals surface area contributed by atoms with E-state index in [9.17, 15) is 14.9 Å². The summed E-state index contributed by atoms with van der Waals surface area (Å²) in [7, 11) is 0. The van der Waals surface area contributed by atoms with Crippen molar-refractivity contribution in [2.24, 2.45) is 5.92 Å². The summed E-state index contributed by atoms with van der Waals surface area (Å²) in [5.41, 5.74) is 0. The highest BCUT2D eigenvalue weighted by Crippen LogP contribution is 2.16. The molecule has 0 bridgehead atoms. The van der Waals surface area contributed by atoms with E-state index in [1.54, 1.807) is 4.90 Å². The summed E-state index contributed by atoms with van der Waals surface area (Å²) in [5.74, 6) is -0.0870. The number of nitrogens with zero attached hydrogens (tertiary/aromatic N) is 4. The predicted molar refractivity (Wildman–Crippen MR) is 65.3 cm³/mol. The molecule has 8 heteroatoms. The molecule has 0 aromatic carbocycles. The molecular weight excluding hydrogens is 252 g/mol. The number of aromatic nitrogens is 2. The zero-order chi connectivity index (χ0) is 13.8. The van der Waals surface area contributed by atoms with Gasteiger partial charge in [-0.25, -0.2) is 0 Å². The molecule has 1 amide bonds. The minimum atomic E-state index is -0.590. The lowest BCUT2D eigenvalue weighted by atomic mass is 9.98. The minimum absolute atomic E-state index is 0.0115. The van der Waals surface area contributed by atoms with Crippen molar-refractivity contribution >= 4 is 11.7 Å². The molecule has 1 aromatic heterocycles. The number of aliphatic hydroxyl groups is 1. The van der Waals surface area contributed by atoms with Crippen molar-refractivity contribution in [3.8, 4) is 0 Å². The molecule has 0 spiro atoms. The number of amides is 1. The maximum Gasteiger partial charge on any atom is 0.389 e. The first-order chi connectivity index (χ1) is 9.10. The van der Waals surface area contributed by atoms with Crippen LogP contribution in [0.1, 0.15) is 12.8 Å². The predicted octanol–water partition coefficient (Wildman–Crippen LogP) is 0.0222. The molecule has 2 heterocycles. The largest absolute Gasteiger partial charge is 0.396 e. The molecule has 1 aliphatic heterocycles. The Bertz CT molecular complexity index is 465. The highest BCUT2D eigenvalue weighted by molar-refractivity contribution is 5.76. The smallest absolute Gasteiger partial charge is 0.389 e. The Balaban J connectivity index is 1.88. The number of hydrogen-bond acceptors (Lipinski definition) is 5. The zero-order valence-electron chi connectivity index (χ0n) is 10.4. The van der Waals surface area contributed by atoms with Gasteiger partial charge in [0.05, 0.1) is 17.4 Å². The van der Waals surface area contributed by atoms with Gasteiger partial charge in [0.15, 0.2) is 0 Å². The van der Waals surface area contributed by atoms with E-state index < -0.39 is 4.92 Å². The van der Waals surface area contributed by atoms with Crippen LogP contribution in [0.5, 0.6) is 0 Å². The van der Waals surface area contributed by atoms with Gasteiger partial charge in [-0.15, -0.1) is 0 Å². The summed E-state index contributed by atoms with van der Waals surface area (Å²) < 4.78 is 1.28. The Kier molecular flexibility index (Phi) is 4.10. The van der Waals surface area contributed by atoms with Gasteiger partial charge < -0.3 is 20.1 Å². The van der Waals surface area contributed by atoms with Gasteiger partial charge in [-0.05, 0) is 23.7 Å². The zero-order valence-corrected chi connectivity index (χ0v) is 10.4. The minimum Gasteiger partial charge on any atom is -0.396 e. The third-order valence-electron chi connectivity index (χ3n) is 3.34. The van der Waals surface area contributed by atoms with Crippen molar-refractivity contribution in [1.82, 2.24) is 14.7 Å². The van der Waals surface area contributed by atoms with Crippen molar-refractivity contribution < 1.29 is 14.8 Å². The monoisotopic (exact) mass is 268 g/mol. The van der Waals surface area contributed by atoms with Crippen LogP contribution in [0.25, 0.3) is 0 Å². The van der Waals surface area contributed by atoms with Crippen LogP contribution in [0.4, 0.5) is 5.82 Å². The van der Waals surface area contributed by atoms with E-state index in [-0.39, 0.29) is 30.8 Å². The number of aliphatic hydroxyl groups excluding tert-OH is 1. The second-order valence-corrected chi connectivity index (χ2v) is 4.64. The second kappa shape index (κ2) is 5.79. The highest BCUT2D eigenvalue weighted by Gasteiger charge is 2.23. The third kappa shape index (κ3) is 3.28. The van der Waals surface area contributed by atoms with E-state index in [4.69, 9.17) is 5.11 Å². The fraction of sp³-hybridized carbons (Fsp3) is 0.636. The van der Waals surface area contributed by atoms with Gasteiger partial charge in [0.25, 0.3) is 0 Å². The molecular formula is C11H16N4O4. The summed E-state index contributed by atoms with van der Waals surface area (Å²) in [6.07, 6.45) is 3.01. The lowest BCUT2D eigenvalue weighted by Gasteiger charge is -2.30. The normalized spacial score (nSPS) is 16.6. The molecule has 2 rings (SSSR count). The van der Waals surface area contributed by atoms with Gasteiger partial charge in [-0.2, -0.15) is 4.68 Å². The SMILES string of the molecule is O=C(Cn1ccc([N+](=O)[O-])n1)N1CCC(CO)CC1. The molecule has 0 aliphatic carbocycles. The molecule has 8 nitrogen and oxygen atoms in total. The number of likely N-dealkylation sites (tertiary alicyclic amines) is 1. The molecule has 1 N–H and O–H groups in total. The Labute approximate surface area is 109 Å². The van der Waals surface area contributed by atoms with Crippen LogP contribution in [-0.4, -0.2) is 50.3 Å². The number of carbonyl (C=O) groups excluding carboxylic acids is 1. The average Bonchev–Trinajstić information content (AvgIpc) is 2.87. The first kappa shape index (κ1) is 13.5. The maximum atomic E-state index is 12.0. The van der Waals surface area contributed by atoms with E-state index in [2.05, 4.69) is 5.10 Å². The van der Waals surface area contributed by atoms with Gasteiger partial charge >= 0.3 is 5.82 Å². The van der Waals surface area contributed by atoms with Crippen LogP contribution in [0.3, 0.4) is 0 Å². The Morgan fingerprint density at radius 2 is 2.21 bits per heavy atom. The van der Waals surface area contributed by atoms with Crippen LogP contribution in [-0.2, 0) is 11.3 Å². The van der Waals surface area contributed by atoms with E-state index in [0.717, 1.165) is 12.8 Å². The molecule has 0 atom stereocenters. The molecule has 0 unspecified atom stereocenters. The first-order valence-corrected chi connectivity index (χ1v) is 6.16. The lowest BCUT2D eigenvalue weighted by Crippen LogP contribution is -2.40. The van der Waals surface area contributed by atoms with Gasteiger partial charge in [0.1, 0.15) is 6.54 Å². The Morgan fingerprint density at radius 3 is 2.74 bits per heavy atom. The lowest BCUT2D eigenvalue weighted by molar-refractivity contribution is -0.389.